The van der Waals surface area contributed by atoms with Gasteiger partial charge in [-0.2, -0.15) is 0 Å². The largest absolute Gasteiger partial charge is 0.352 e. The number of carbonyl (C=O) groups is 2. The Hall–Kier alpha value is -1.88. The fraction of sp³-hybridized carbons (Fsp3) is 0.556. The fourth-order valence-electron chi connectivity index (χ4n) is 2.90. The molecule has 1 heterocycles. The summed E-state index contributed by atoms with van der Waals surface area (Å²) >= 11 is 0. The first-order valence-electron chi connectivity index (χ1n) is 8.33. The van der Waals surface area contributed by atoms with Gasteiger partial charge in [0.1, 0.15) is 6.04 Å². The number of benzene rings is 1. The number of amides is 2. The smallest absolute Gasteiger partial charge is 0.242 e. The Morgan fingerprint density at radius 2 is 2.04 bits per heavy atom. The molecule has 0 bridgehead atoms. The molecule has 1 aromatic rings. The molecule has 1 aromatic carbocycles. The van der Waals surface area contributed by atoms with Gasteiger partial charge in [0, 0.05) is 13.0 Å². The molecule has 2 amide bonds. The minimum atomic E-state index is -0.387. The summed E-state index contributed by atoms with van der Waals surface area (Å²) in [4.78, 5) is 25.8. The lowest BCUT2D eigenvalue weighted by Crippen LogP contribution is -2.50. The van der Waals surface area contributed by atoms with Crippen molar-refractivity contribution >= 4 is 11.8 Å². The Kier molecular flexibility index (Phi) is 6.16. The minimum absolute atomic E-state index is 0.0317. The molecule has 5 heteroatoms. The van der Waals surface area contributed by atoms with Gasteiger partial charge in [-0.1, -0.05) is 31.2 Å². The molecule has 0 aromatic heterocycles. The average Bonchev–Trinajstić information content (AvgIpc) is 2.55. The summed E-state index contributed by atoms with van der Waals surface area (Å²) < 4.78 is 0. The van der Waals surface area contributed by atoms with E-state index in [1.165, 1.54) is 11.1 Å². The maximum absolute atomic E-state index is 12.3. The van der Waals surface area contributed by atoms with E-state index < -0.39 is 0 Å². The molecular weight excluding hydrogens is 290 g/mol. The summed E-state index contributed by atoms with van der Waals surface area (Å²) in [5, 5.41) is 5.75. The van der Waals surface area contributed by atoms with Gasteiger partial charge in [0.2, 0.25) is 11.8 Å². The quantitative estimate of drug-likeness (QED) is 0.838. The molecule has 1 fully saturated rings. The van der Waals surface area contributed by atoms with Crippen molar-refractivity contribution in [1.82, 2.24) is 15.5 Å². The predicted octanol–water partition coefficient (Wildman–Crippen LogP) is 1.64. The summed E-state index contributed by atoms with van der Waals surface area (Å²) in [6.45, 7) is 2.67. The molecule has 1 aliphatic heterocycles. The van der Waals surface area contributed by atoms with Gasteiger partial charge in [0.25, 0.3) is 0 Å². The van der Waals surface area contributed by atoms with Crippen molar-refractivity contribution < 1.29 is 9.59 Å². The molecule has 2 atom stereocenters. The Morgan fingerprint density at radius 1 is 1.35 bits per heavy atom. The number of hydrogen-bond donors (Lipinski definition) is 2. The topological polar surface area (TPSA) is 61.4 Å². The van der Waals surface area contributed by atoms with Crippen molar-refractivity contribution in [3.63, 3.8) is 0 Å². The van der Waals surface area contributed by atoms with Crippen molar-refractivity contribution in [3.8, 4) is 0 Å². The molecule has 0 radical (unpaired) electrons. The molecule has 126 valence electrons. The molecule has 1 aliphatic rings. The van der Waals surface area contributed by atoms with E-state index >= 15 is 0 Å². The molecule has 0 aliphatic carbocycles. The standard InChI is InChI=1S/C18H27N3O2/c1-4-13-8-10-14(11-9-13)16(21(2)3)12-19-18(23)15-6-5-7-17(22)20-15/h8-11,15-16H,4-7,12H2,1-3H3,(H,19,23)(H,20,22)/t15-,16-/m0/s1. The first-order chi connectivity index (χ1) is 11.0. The van der Waals surface area contributed by atoms with Crippen LogP contribution in [0.1, 0.15) is 43.4 Å². The third kappa shape index (κ3) is 4.79. The summed E-state index contributed by atoms with van der Waals surface area (Å²) in [6.07, 6.45) is 3.04. The first kappa shape index (κ1) is 17.5. The average molecular weight is 317 g/mol. The van der Waals surface area contributed by atoms with Crippen LogP contribution >= 0.6 is 0 Å². The zero-order valence-electron chi connectivity index (χ0n) is 14.3. The number of rotatable bonds is 6. The molecule has 2 rings (SSSR count). The zero-order chi connectivity index (χ0) is 16.8. The number of hydrogen-bond acceptors (Lipinski definition) is 3. The number of likely N-dealkylation sites (N-methyl/N-ethyl adjacent to an activating group) is 1. The first-order valence-corrected chi connectivity index (χ1v) is 8.33. The summed E-state index contributed by atoms with van der Waals surface area (Å²) in [5.41, 5.74) is 2.49. The van der Waals surface area contributed by atoms with E-state index in [2.05, 4.69) is 46.7 Å². The second-order valence-electron chi connectivity index (χ2n) is 6.33. The highest BCUT2D eigenvalue weighted by Gasteiger charge is 2.25. The normalized spacial score (nSPS) is 19.3. The van der Waals surface area contributed by atoms with Crippen molar-refractivity contribution in [1.29, 1.82) is 0 Å². The number of nitrogens with one attached hydrogen (secondary N) is 2. The van der Waals surface area contributed by atoms with Crippen LogP contribution in [0.25, 0.3) is 0 Å². The SMILES string of the molecule is CCc1ccc([C@H](CNC(=O)[C@@H]2CCCC(=O)N2)N(C)C)cc1. The van der Waals surface area contributed by atoms with Crippen LogP contribution in [0.5, 0.6) is 0 Å². The molecule has 0 spiro atoms. The zero-order valence-corrected chi connectivity index (χ0v) is 14.3. The van der Waals surface area contributed by atoms with E-state index in [-0.39, 0.29) is 23.9 Å². The van der Waals surface area contributed by atoms with Crippen LogP contribution in [-0.4, -0.2) is 43.4 Å². The Morgan fingerprint density at radius 3 is 2.61 bits per heavy atom. The van der Waals surface area contributed by atoms with Crippen LogP contribution < -0.4 is 10.6 Å². The van der Waals surface area contributed by atoms with Crippen LogP contribution in [0, 0.1) is 0 Å². The molecule has 0 saturated carbocycles. The lowest BCUT2D eigenvalue weighted by molar-refractivity contribution is -0.131. The fourth-order valence-corrected chi connectivity index (χ4v) is 2.90. The number of carbonyl (C=O) groups excluding carboxylic acids is 2. The van der Waals surface area contributed by atoms with Gasteiger partial charge in [-0.25, -0.2) is 0 Å². The van der Waals surface area contributed by atoms with Gasteiger partial charge in [-0.3, -0.25) is 9.59 Å². The van der Waals surface area contributed by atoms with E-state index in [1.54, 1.807) is 0 Å². The van der Waals surface area contributed by atoms with E-state index in [9.17, 15) is 9.59 Å². The van der Waals surface area contributed by atoms with Gasteiger partial charge in [0.05, 0.1) is 6.04 Å². The van der Waals surface area contributed by atoms with Crippen molar-refractivity contribution in [2.75, 3.05) is 20.6 Å². The summed E-state index contributed by atoms with van der Waals surface area (Å²) in [7, 11) is 4.01. The van der Waals surface area contributed by atoms with E-state index in [4.69, 9.17) is 0 Å². The molecular formula is C18H27N3O2. The number of nitrogens with zero attached hydrogens (tertiary/aromatic N) is 1. The molecule has 2 N–H and O–H groups in total. The van der Waals surface area contributed by atoms with Gasteiger partial charge in [0.15, 0.2) is 0 Å². The molecule has 0 unspecified atom stereocenters. The minimum Gasteiger partial charge on any atom is -0.352 e. The molecule has 23 heavy (non-hydrogen) atoms. The summed E-state index contributed by atoms with van der Waals surface area (Å²) in [6, 6.07) is 8.24. The van der Waals surface area contributed by atoms with Crippen LogP contribution in [0.3, 0.4) is 0 Å². The Balaban J connectivity index is 1.96. The van der Waals surface area contributed by atoms with Gasteiger partial charge in [-0.15, -0.1) is 0 Å². The molecule has 5 nitrogen and oxygen atoms in total. The van der Waals surface area contributed by atoms with Gasteiger partial charge in [-0.05, 0) is 44.5 Å². The van der Waals surface area contributed by atoms with Crippen LogP contribution in [0.4, 0.5) is 0 Å². The lowest BCUT2D eigenvalue weighted by atomic mass is 10.0. The Bertz CT molecular complexity index is 540. The Labute approximate surface area is 138 Å². The maximum Gasteiger partial charge on any atom is 0.242 e. The maximum atomic E-state index is 12.3. The second-order valence-corrected chi connectivity index (χ2v) is 6.33. The van der Waals surface area contributed by atoms with Crippen LogP contribution in [0.15, 0.2) is 24.3 Å². The highest BCUT2D eigenvalue weighted by atomic mass is 16.2. The second kappa shape index (κ2) is 8.11. The third-order valence-corrected chi connectivity index (χ3v) is 4.41. The van der Waals surface area contributed by atoms with Crippen LogP contribution in [0.2, 0.25) is 0 Å². The number of piperidine rings is 1. The van der Waals surface area contributed by atoms with Crippen molar-refractivity contribution in [3.05, 3.63) is 35.4 Å². The van der Waals surface area contributed by atoms with E-state index in [1.807, 2.05) is 14.1 Å². The monoisotopic (exact) mass is 317 g/mol. The molecule has 1 saturated heterocycles. The third-order valence-electron chi connectivity index (χ3n) is 4.41. The number of aryl methyl sites for hydroxylation is 1. The van der Waals surface area contributed by atoms with Gasteiger partial charge < -0.3 is 15.5 Å². The van der Waals surface area contributed by atoms with Crippen LogP contribution in [-0.2, 0) is 16.0 Å². The highest BCUT2D eigenvalue weighted by molar-refractivity contribution is 5.88. The van der Waals surface area contributed by atoms with Crippen molar-refractivity contribution in [2.24, 2.45) is 0 Å². The van der Waals surface area contributed by atoms with Crippen molar-refractivity contribution in [2.45, 2.75) is 44.7 Å². The van der Waals surface area contributed by atoms with E-state index in [0.717, 1.165) is 19.3 Å². The van der Waals surface area contributed by atoms with E-state index in [0.29, 0.717) is 13.0 Å². The highest BCUT2D eigenvalue weighted by Crippen LogP contribution is 2.18. The van der Waals surface area contributed by atoms with Gasteiger partial charge >= 0.3 is 0 Å². The predicted molar refractivity (Wildman–Crippen MR) is 91.0 cm³/mol. The summed E-state index contributed by atoms with van der Waals surface area (Å²) in [5.74, 6) is -0.120. The lowest BCUT2D eigenvalue weighted by Gasteiger charge is -2.27.